The number of hydrogen-bond donors (Lipinski definition) is 2. The maximum absolute atomic E-state index is 13.6. The van der Waals surface area contributed by atoms with Gasteiger partial charge in [-0.2, -0.15) is 10.1 Å². The zero-order chi connectivity index (χ0) is 17.6. The monoisotopic (exact) mass is 344 g/mol. The number of carbonyl (C=O) groups is 1. The molecule has 1 atom stereocenters. The minimum atomic E-state index is -0.269. The third-order valence-electron chi connectivity index (χ3n) is 3.55. The van der Waals surface area contributed by atoms with E-state index in [-0.39, 0.29) is 24.2 Å². The molecule has 0 radical (unpaired) electrons. The lowest BCUT2D eigenvalue weighted by atomic mass is 10.1. The van der Waals surface area contributed by atoms with Crippen molar-refractivity contribution < 1.29 is 13.7 Å². The lowest BCUT2D eigenvalue weighted by molar-refractivity contribution is -0.121. The van der Waals surface area contributed by atoms with Crippen LogP contribution < -0.4 is 5.32 Å². The van der Waals surface area contributed by atoms with E-state index >= 15 is 0 Å². The molecule has 3 rings (SSSR count). The standard InChI is InChI=1S/C16H17FN6O2/c1-10(8-11-4-2-3-5-12(11)17)20-13(24)6-7-14-21-16(23-25-14)15-18-9-19-22-15/h2-5,9-10H,6-8H2,1H3,(H,20,24)(H,18,19,22). The molecule has 9 heteroatoms. The molecule has 0 fully saturated rings. The number of hydrogen-bond acceptors (Lipinski definition) is 6. The zero-order valence-corrected chi connectivity index (χ0v) is 13.6. The number of benzene rings is 1. The third-order valence-corrected chi connectivity index (χ3v) is 3.55. The van der Waals surface area contributed by atoms with Crippen molar-refractivity contribution in [3.8, 4) is 11.6 Å². The van der Waals surface area contributed by atoms with E-state index in [0.717, 1.165) is 0 Å². The van der Waals surface area contributed by atoms with Crippen molar-refractivity contribution in [3.05, 3.63) is 47.9 Å². The fourth-order valence-electron chi connectivity index (χ4n) is 2.38. The molecule has 25 heavy (non-hydrogen) atoms. The van der Waals surface area contributed by atoms with Gasteiger partial charge in [-0.1, -0.05) is 23.4 Å². The highest BCUT2D eigenvalue weighted by atomic mass is 19.1. The summed E-state index contributed by atoms with van der Waals surface area (Å²) >= 11 is 0. The molecule has 0 bridgehead atoms. The van der Waals surface area contributed by atoms with E-state index < -0.39 is 0 Å². The van der Waals surface area contributed by atoms with E-state index in [1.165, 1.54) is 12.4 Å². The largest absolute Gasteiger partial charge is 0.353 e. The number of rotatable bonds is 7. The molecule has 2 aromatic heterocycles. The molecule has 0 aliphatic rings. The van der Waals surface area contributed by atoms with Gasteiger partial charge in [-0.05, 0) is 25.0 Å². The average Bonchev–Trinajstić information content (AvgIpc) is 3.26. The van der Waals surface area contributed by atoms with Crippen molar-refractivity contribution in [1.82, 2.24) is 30.6 Å². The number of aromatic nitrogens is 5. The minimum absolute atomic E-state index is 0.164. The van der Waals surface area contributed by atoms with Crippen LogP contribution in [0.4, 0.5) is 4.39 Å². The average molecular weight is 344 g/mol. The molecule has 2 heterocycles. The first-order valence-electron chi connectivity index (χ1n) is 7.83. The molecule has 0 spiro atoms. The quantitative estimate of drug-likeness (QED) is 0.675. The predicted octanol–water partition coefficient (Wildman–Crippen LogP) is 1.67. The van der Waals surface area contributed by atoms with Gasteiger partial charge in [-0.15, -0.1) is 0 Å². The van der Waals surface area contributed by atoms with Crippen LogP contribution in [0.2, 0.25) is 0 Å². The predicted molar refractivity (Wildman–Crippen MR) is 85.7 cm³/mol. The van der Waals surface area contributed by atoms with Gasteiger partial charge in [0, 0.05) is 18.9 Å². The van der Waals surface area contributed by atoms with Gasteiger partial charge in [0.05, 0.1) is 0 Å². The van der Waals surface area contributed by atoms with Gasteiger partial charge in [0.2, 0.25) is 17.6 Å². The molecular formula is C16H17FN6O2. The van der Waals surface area contributed by atoms with Gasteiger partial charge in [0.25, 0.3) is 0 Å². The Morgan fingerprint density at radius 2 is 2.24 bits per heavy atom. The summed E-state index contributed by atoms with van der Waals surface area (Å²) in [5.74, 6) is 0.597. The summed E-state index contributed by atoms with van der Waals surface area (Å²) in [5.41, 5.74) is 0.573. The highest BCUT2D eigenvalue weighted by molar-refractivity contribution is 5.76. The molecule has 2 N–H and O–H groups in total. The first-order chi connectivity index (χ1) is 12.1. The number of aryl methyl sites for hydroxylation is 1. The molecule has 0 saturated carbocycles. The number of amides is 1. The van der Waals surface area contributed by atoms with Crippen LogP contribution >= 0.6 is 0 Å². The molecule has 1 amide bonds. The second kappa shape index (κ2) is 7.65. The molecule has 8 nitrogen and oxygen atoms in total. The van der Waals surface area contributed by atoms with Gasteiger partial charge in [-0.3, -0.25) is 9.89 Å². The smallest absolute Gasteiger partial charge is 0.239 e. The second-order valence-electron chi connectivity index (χ2n) is 5.61. The highest BCUT2D eigenvalue weighted by Gasteiger charge is 2.14. The van der Waals surface area contributed by atoms with Crippen LogP contribution in [0, 0.1) is 5.82 Å². The lowest BCUT2D eigenvalue weighted by Crippen LogP contribution is -2.34. The van der Waals surface area contributed by atoms with Crippen LogP contribution in [0.3, 0.4) is 0 Å². The van der Waals surface area contributed by atoms with E-state index in [0.29, 0.717) is 35.9 Å². The molecular weight excluding hydrogens is 327 g/mol. The van der Waals surface area contributed by atoms with E-state index in [2.05, 4.69) is 30.6 Å². The molecule has 0 saturated heterocycles. The molecule has 0 aliphatic carbocycles. The van der Waals surface area contributed by atoms with Crippen molar-refractivity contribution in [2.45, 2.75) is 32.2 Å². The van der Waals surface area contributed by atoms with Crippen LogP contribution in [0.25, 0.3) is 11.6 Å². The molecule has 0 aliphatic heterocycles. The summed E-state index contributed by atoms with van der Waals surface area (Å²) in [6.45, 7) is 1.83. The number of carbonyl (C=O) groups excluding carboxylic acids is 1. The Bertz CT molecular complexity index is 833. The van der Waals surface area contributed by atoms with Gasteiger partial charge >= 0.3 is 0 Å². The Morgan fingerprint density at radius 3 is 3.00 bits per heavy atom. The number of nitrogens with one attached hydrogen (secondary N) is 2. The maximum atomic E-state index is 13.6. The third kappa shape index (κ3) is 4.46. The fourth-order valence-corrected chi connectivity index (χ4v) is 2.38. The maximum Gasteiger partial charge on any atom is 0.239 e. The molecule has 1 unspecified atom stereocenters. The Kier molecular flexibility index (Phi) is 5.12. The van der Waals surface area contributed by atoms with Crippen LogP contribution in [0.15, 0.2) is 35.1 Å². The summed E-state index contributed by atoms with van der Waals surface area (Å²) in [5, 5.41) is 12.9. The zero-order valence-electron chi connectivity index (χ0n) is 13.6. The number of halogens is 1. The van der Waals surface area contributed by atoms with Gasteiger partial charge in [0.15, 0.2) is 5.82 Å². The van der Waals surface area contributed by atoms with E-state index in [1.54, 1.807) is 18.2 Å². The molecule has 3 aromatic rings. The Morgan fingerprint density at radius 1 is 1.40 bits per heavy atom. The fraction of sp³-hybridized carbons (Fsp3) is 0.312. The number of nitrogens with zero attached hydrogens (tertiary/aromatic N) is 4. The van der Waals surface area contributed by atoms with Gasteiger partial charge in [0.1, 0.15) is 12.1 Å². The van der Waals surface area contributed by atoms with Crippen molar-refractivity contribution in [2.75, 3.05) is 0 Å². The van der Waals surface area contributed by atoms with Crippen molar-refractivity contribution in [2.24, 2.45) is 0 Å². The van der Waals surface area contributed by atoms with Crippen molar-refractivity contribution in [1.29, 1.82) is 0 Å². The van der Waals surface area contributed by atoms with E-state index in [9.17, 15) is 9.18 Å². The topological polar surface area (TPSA) is 110 Å². The molecule has 1 aromatic carbocycles. The number of aromatic amines is 1. The van der Waals surface area contributed by atoms with Crippen LogP contribution in [-0.4, -0.2) is 37.3 Å². The van der Waals surface area contributed by atoms with Crippen LogP contribution in [0.5, 0.6) is 0 Å². The van der Waals surface area contributed by atoms with Crippen molar-refractivity contribution >= 4 is 5.91 Å². The van der Waals surface area contributed by atoms with Crippen LogP contribution in [0.1, 0.15) is 24.8 Å². The van der Waals surface area contributed by atoms with E-state index in [1.807, 2.05) is 6.92 Å². The van der Waals surface area contributed by atoms with Crippen molar-refractivity contribution in [3.63, 3.8) is 0 Å². The highest BCUT2D eigenvalue weighted by Crippen LogP contribution is 2.11. The van der Waals surface area contributed by atoms with Crippen LogP contribution in [-0.2, 0) is 17.6 Å². The van der Waals surface area contributed by atoms with E-state index in [4.69, 9.17) is 4.52 Å². The second-order valence-corrected chi connectivity index (χ2v) is 5.61. The SMILES string of the molecule is CC(Cc1ccccc1F)NC(=O)CCc1nc(-c2ncn[nH]2)no1. The Hall–Kier alpha value is -3.10. The first-order valence-corrected chi connectivity index (χ1v) is 7.83. The number of H-pyrrole nitrogens is 1. The minimum Gasteiger partial charge on any atom is -0.353 e. The normalized spacial score (nSPS) is 12.1. The van der Waals surface area contributed by atoms with Gasteiger partial charge < -0.3 is 9.84 Å². The molecule has 130 valence electrons. The summed E-state index contributed by atoms with van der Waals surface area (Å²) in [6, 6.07) is 6.35. The summed E-state index contributed by atoms with van der Waals surface area (Å²) in [4.78, 5) is 20.1. The summed E-state index contributed by atoms with van der Waals surface area (Å²) < 4.78 is 18.7. The lowest BCUT2D eigenvalue weighted by Gasteiger charge is -2.14. The Labute approximate surface area is 142 Å². The Balaban J connectivity index is 1.47. The summed E-state index contributed by atoms with van der Waals surface area (Å²) in [6.07, 6.45) is 2.27. The first kappa shape index (κ1) is 16.7. The van der Waals surface area contributed by atoms with Gasteiger partial charge in [-0.25, -0.2) is 9.37 Å². The summed E-state index contributed by atoms with van der Waals surface area (Å²) in [7, 11) is 0.